The van der Waals surface area contributed by atoms with Gasteiger partial charge in [-0.05, 0) is 59.2 Å². The molecule has 1 fully saturated rings. The maximum atomic E-state index is 6.25. The summed E-state index contributed by atoms with van der Waals surface area (Å²) in [6, 6.07) is 4.49. The summed E-state index contributed by atoms with van der Waals surface area (Å²) < 4.78 is 11.7. The van der Waals surface area contributed by atoms with Crippen LogP contribution in [0.15, 0.2) is 22.8 Å². The van der Waals surface area contributed by atoms with E-state index in [0.717, 1.165) is 31.6 Å². The Balaban J connectivity index is 2.04. The number of rotatable bonds is 6. The first kappa shape index (κ1) is 15.6. The van der Waals surface area contributed by atoms with Crippen LogP contribution in [0.5, 0.6) is 0 Å². The van der Waals surface area contributed by atoms with Gasteiger partial charge in [0.1, 0.15) is 5.76 Å². The first-order valence-electron chi connectivity index (χ1n) is 7.80. The lowest BCUT2D eigenvalue weighted by atomic mass is 9.80. The van der Waals surface area contributed by atoms with Crippen LogP contribution in [0.4, 0.5) is 0 Å². The van der Waals surface area contributed by atoms with Crippen LogP contribution < -0.4 is 5.32 Å². The number of furan rings is 1. The van der Waals surface area contributed by atoms with Crippen LogP contribution in [0, 0.1) is 5.92 Å². The quantitative estimate of drug-likeness (QED) is 0.860. The molecule has 1 aliphatic heterocycles. The van der Waals surface area contributed by atoms with Crippen LogP contribution in [-0.4, -0.2) is 23.8 Å². The van der Waals surface area contributed by atoms with E-state index in [9.17, 15) is 0 Å². The molecule has 1 aliphatic rings. The van der Waals surface area contributed by atoms with Crippen molar-refractivity contribution in [2.24, 2.45) is 5.92 Å². The minimum Gasteiger partial charge on any atom is -0.469 e. The highest BCUT2D eigenvalue weighted by molar-refractivity contribution is 5.02. The minimum absolute atomic E-state index is 0.0213. The molecule has 2 unspecified atom stereocenters. The van der Waals surface area contributed by atoms with E-state index < -0.39 is 0 Å². The van der Waals surface area contributed by atoms with Crippen LogP contribution in [0.3, 0.4) is 0 Å². The molecule has 0 radical (unpaired) electrons. The molecule has 114 valence electrons. The van der Waals surface area contributed by atoms with E-state index in [1.165, 1.54) is 0 Å². The van der Waals surface area contributed by atoms with Crippen molar-refractivity contribution in [1.82, 2.24) is 5.32 Å². The van der Waals surface area contributed by atoms with Crippen LogP contribution in [0.2, 0.25) is 0 Å². The highest BCUT2D eigenvalue weighted by atomic mass is 16.5. The molecule has 2 heterocycles. The van der Waals surface area contributed by atoms with E-state index in [0.29, 0.717) is 12.0 Å². The zero-order valence-corrected chi connectivity index (χ0v) is 13.5. The Kier molecular flexibility index (Phi) is 4.60. The molecule has 0 saturated carbocycles. The minimum atomic E-state index is -0.0699. The second-order valence-electron chi connectivity index (χ2n) is 7.06. The highest BCUT2D eigenvalue weighted by Gasteiger charge is 2.48. The molecule has 3 nitrogen and oxygen atoms in total. The van der Waals surface area contributed by atoms with E-state index in [-0.39, 0.29) is 11.2 Å². The van der Waals surface area contributed by atoms with Crippen molar-refractivity contribution >= 4 is 0 Å². The molecular formula is C17H29NO2. The fourth-order valence-corrected chi connectivity index (χ4v) is 3.69. The molecule has 20 heavy (non-hydrogen) atoms. The molecule has 3 heteroatoms. The summed E-state index contributed by atoms with van der Waals surface area (Å²) in [4.78, 5) is 0. The number of ether oxygens (including phenoxy) is 1. The normalized spacial score (nSPS) is 25.8. The predicted octanol–water partition coefficient (Wildman–Crippen LogP) is 3.78. The van der Waals surface area contributed by atoms with Gasteiger partial charge in [0.05, 0.1) is 17.5 Å². The van der Waals surface area contributed by atoms with Crippen molar-refractivity contribution in [3.8, 4) is 0 Å². The SMILES string of the molecule is CCNC(CCc1ccco1)C1CC(C)(C)OC1(C)C. The number of hydrogen-bond acceptors (Lipinski definition) is 3. The summed E-state index contributed by atoms with van der Waals surface area (Å²) >= 11 is 0. The van der Waals surface area contributed by atoms with Gasteiger partial charge in [-0.1, -0.05) is 6.92 Å². The van der Waals surface area contributed by atoms with E-state index in [1.54, 1.807) is 6.26 Å². The van der Waals surface area contributed by atoms with Crippen LogP contribution in [0.1, 0.15) is 53.2 Å². The average molecular weight is 279 g/mol. The van der Waals surface area contributed by atoms with Crippen LogP contribution in [0.25, 0.3) is 0 Å². The standard InChI is InChI=1S/C17H29NO2/c1-6-18-15(10-9-13-8-7-11-19-13)14-12-16(2,3)20-17(14,4)5/h7-8,11,14-15,18H,6,9-10,12H2,1-5H3. The Labute approximate surface area is 123 Å². The van der Waals surface area contributed by atoms with Crippen molar-refractivity contribution in [3.05, 3.63) is 24.2 Å². The van der Waals surface area contributed by atoms with E-state index in [4.69, 9.17) is 9.15 Å². The summed E-state index contributed by atoms with van der Waals surface area (Å²) in [6.07, 6.45) is 4.94. The molecular weight excluding hydrogens is 250 g/mol. The van der Waals surface area contributed by atoms with Gasteiger partial charge in [0.15, 0.2) is 0 Å². The molecule has 0 aliphatic carbocycles. The lowest BCUT2D eigenvalue weighted by molar-refractivity contribution is -0.0778. The summed E-state index contributed by atoms with van der Waals surface area (Å²) in [5.41, 5.74) is -0.0912. The van der Waals surface area contributed by atoms with Gasteiger partial charge in [0.2, 0.25) is 0 Å². The number of aryl methyl sites for hydroxylation is 1. The summed E-state index contributed by atoms with van der Waals surface area (Å²) in [5.74, 6) is 1.61. The fraction of sp³-hybridized carbons (Fsp3) is 0.765. The van der Waals surface area contributed by atoms with Gasteiger partial charge in [-0.2, -0.15) is 0 Å². The Morgan fingerprint density at radius 1 is 1.35 bits per heavy atom. The maximum absolute atomic E-state index is 6.25. The second kappa shape index (κ2) is 5.90. The molecule has 1 aromatic heterocycles. The zero-order valence-electron chi connectivity index (χ0n) is 13.5. The van der Waals surface area contributed by atoms with Gasteiger partial charge in [-0.25, -0.2) is 0 Å². The molecule has 0 spiro atoms. The van der Waals surface area contributed by atoms with Gasteiger partial charge < -0.3 is 14.5 Å². The summed E-state index contributed by atoms with van der Waals surface area (Å²) in [6.45, 7) is 12.0. The summed E-state index contributed by atoms with van der Waals surface area (Å²) in [5, 5.41) is 3.66. The van der Waals surface area contributed by atoms with Gasteiger partial charge in [0.25, 0.3) is 0 Å². The second-order valence-corrected chi connectivity index (χ2v) is 7.06. The first-order valence-corrected chi connectivity index (χ1v) is 7.80. The maximum Gasteiger partial charge on any atom is 0.103 e. The van der Waals surface area contributed by atoms with Crippen molar-refractivity contribution < 1.29 is 9.15 Å². The van der Waals surface area contributed by atoms with Gasteiger partial charge in [-0.15, -0.1) is 0 Å². The van der Waals surface area contributed by atoms with Crippen molar-refractivity contribution in [1.29, 1.82) is 0 Å². The molecule has 0 bridgehead atoms. The zero-order chi connectivity index (χ0) is 14.8. The molecule has 0 aromatic carbocycles. The summed E-state index contributed by atoms with van der Waals surface area (Å²) in [7, 11) is 0. The topological polar surface area (TPSA) is 34.4 Å². The smallest absolute Gasteiger partial charge is 0.103 e. The largest absolute Gasteiger partial charge is 0.469 e. The van der Waals surface area contributed by atoms with Gasteiger partial charge in [-0.3, -0.25) is 0 Å². The van der Waals surface area contributed by atoms with Crippen LogP contribution >= 0.6 is 0 Å². The Morgan fingerprint density at radius 2 is 2.10 bits per heavy atom. The molecule has 1 N–H and O–H groups in total. The third-order valence-corrected chi connectivity index (χ3v) is 4.38. The molecule has 1 aromatic rings. The van der Waals surface area contributed by atoms with Gasteiger partial charge in [0, 0.05) is 18.4 Å². The molecule has 1 saturated heterocycles. The third-order valence-electron chi connectivity index (χ3n) is 4.38. The third kappa shape index (κ3) is 3.64. The van der Waals surface area contributed by atoms with E-state index in [1.807, 2.05) is 6.07 Å². The van der Waals surface area contributed by atoms with Crippen molar-refractivity contribution in [3.63, 3.8) is 0 Å². The monoisotopic (exact) mass is 279 g/mol. The van der Waals surface area contributed by atoms with Crippen molar-refractivity contribution in [2.45, 2.75) is 71.1 Å². The van der Waals surface area contributed by atoms with Crippen molar-refractivity contribution in [2.75, 3.05) is 6.54 Å². The lowest BCUT2D eigenvalue weighted by Gasteiger charge is -2.33. The number of nitrogens with one attached hydrogen (secondary N) is 1. The fourth-order valence-electron chi connectivity index (χ4n) is 3.69. The Morgan fingerprint density at radius 3 is 2.60 bits per heavy atom. The first-order chi connectivity index (χ1) is 9.34. The predicted molar refractivity (Wildman–Crippen MR) is 81.8 cm³/mol. The molecule has 0 amide bonds. The highest BCUT2D eigenvalue weighted by Crippen LogP contribution is 2.44. The van der Waals surface area contributed by atoms with E-state index >= 15 is 0 Å². The Bertz CT molecular complexity index is 409. The number of hydrogen-bond donors (Lipinski definition) is 1. The molecule has 2 atom stereocenters. The van der Waals surface area contributed by atoms with Gasteiger partial charge >= 0.3 is 0 Å². The Hall–Kier alpha value is -0.800. The average Bonchev–Trinajstić information content (AvgIpc) is 2.90. The van der Waals surface area contributed by atoms with Crippen LogP contribution in [-0.2, 0) is 11.2 Å². The lowest BCUT2D eigenvalue weighted by Crippen LogP contribution is -2.44. The molecule has 2 rings (SSSR count). The van der Waals surface area contributed by atoms with E-state index in [2.05, 4.69) is 46.0 Å².